The summed E-state index contributed by atoms with van der Waals surface area (Å²) in [6.07, 6.45) is 1.12. The Labute approximate surface area is 250 Å². The summed E-state index contributed by atoms with van der Waals surface area (Å²) in [4.78, 5) is 39.7. The van der Waals surface area contributed by atoms with Crippen LogP contribution in [0.1, 0.15) is 20.8 Å². The van der Waals surface area contributed by atoms with Gasteiger partial charge in [0.15, 0.2) is 0 Å². The number of hydrogen-bond acceptors (Lipinski definition) is 5. The average molecular weight is 640 g/mol. The summed E-state index contributed by atoms with van der Waals surface area (Å²) in [5.41, 5.74) is 0.469. The minimum atomic E-state index is -2.31. The van der Waals surface area contributed by atoms with Crippen LogP contribution in [0.4, 0.5) is 0 Å². The first-order chi connectivity index (χ1) is 18.8. The van der Waals surface area contributed by atoms with Crippen molar-refractivity contribution in [2.75, 3.05) is 11.9 Å². The van der Waals surface area contributed by atoms with Gasteiger partial charge in [0.25, 0.3) is 5.91 Å². The molecular weight excluding hydrogens is 607 g/mol. The Morgan fingerprint density at radius 1 is 0.950 bits per heavy atom. The van der Waals surface area contributed by atoms with Crippen molar-refractivity contribution in [3.63, 3.8) is 0 Å². The lowest BCUT2D eigenvalue weighted by atomic mass is 10.0. The maximum absolute atomic E-state index is 13.8. The molecule has 3 aromatic carbocycles. The molecule has 2 atom stereocenters. The summed E-state index contributed by atoms with van der Waals surface area (Å²) in [7, 11) is -2.31. The van der Waals surface area contributed by atoms with Crippen molar-refractivity contribution < 1.29 is 36.1 Å². The van der Waals surface area contributed by atoms with Crippen LogP contribution in [0.2, 0.25) is 0 Å². The summed E-state index contributed by atoms with van der Waals surface area (Å²) in [6, 6.07) is 30.7. The van der Waals surface area contributed by atoms with Crippen LogP contribution in [0.25, 0.3) is 0 Å². The van der Waals surface area contributed by atoms with E-state index in [1.807, 2.05) is 39.0 Å². The van der Waals surface area contributed by atoms with Gasteiger partial charge in [-0.25, -0.2) is 4.79 Å². The van der Waals surface area contributed by atoms with Gasteiger partial charge < -0.3 is 27.0 Å². The quantitative estimate of drug-likeness (QED) is 0.169. The number of benzene rings is 3. The van der Waals surface area contributed by atoms with E-state index >= 15 is 0 Å². The second-order valence-electron chi connectivity index (χ2n) is 10.6. The van der Waals surface area contributed by atoms with Crippen molar-refractivity contribution in [1.29, 1.82) is 0 Å². The van der Waals surface area contributed by atoms with Crippen LogP contribution in [0.15, 0.2) is 102 Å². The molecule has 6 nitrogen and oxygen atoms in total. The van der Waals surface area contributed by atoms with Crippen LogP contribution < -0.4 is 38.2 Å². The predicted octanol–water partition coefficient (Wildman–Crippen LogP) is 0.610. The molecule has 5 rings (SSSR count). The van der Waals surface area contributed by atoms with Gasteiger partial charge in [0.05, 0.1) is 6.16 Å². The Morgan fingerprint density at radius 3 is 1.85 bits per heavy atom. The zero-order chi connectivity index (χ0) is 27.6. The van der Waals surface area contributed by atoms with Gasteiger partial charge in [0.1, 0.15) is 45.9 Å². The maximum atomic E-state index is 13.8. The molecule has 3 aromatic rings. The number of carbonyl (C=O) groups excluding carboxylic acids is 3. The van der Waals surface area contributed by atoms with E-state index in [9.17, 15) is 14.4 Å². The first kappa shape index (κ1) is 30.0. The van der Waals surface area contributed by atoms with Gasteiger partial charge in [-0.15, -0.1) is 11.8 Å². The molecule has 9 heteroatoms. The molecule has 2 aliphatic heterocycles. The smallest absolute Gasteiger partial charge is 0.355 e. The molecule has 0 radical (unpaired) electrons. The van der Waals surface area contributed by atoms with Crippen molar-refractivity contribution in [3.8, 4) is 0 Å². The summed E-state index contributed by atoms with van der Waals surface area (Å²) in [5.74, 6) is -0.248. The molecule has 2 heterocycles. The monoisotopic (exact) mass is 638 g/mol. The van der Waals surface area contributed by atoms with E-state index < -0.39 is 24.9 Å². The maximum Gasteiger partial charge on any atom is 0.355 e. The fourth-order valence-corrected chi connectivity index (χ4v) is 11.1. The number of hydrogen-bond donors (Lipinski definition) is 1. The van der Waals surface area contributed by atoms with E-state index in [0.717, 1.165) is 5.57 Å². The fourth-order valence-electron chi connectivity index (χ4n) is 5.27. The van der Waals surface area contributed by atoms with E-state index in [1.54, 1.807) is 11.8 Å². The Balaban J connectivity index is 0.00000370. The SMILES string of the molecule is CC(C)(C)OC(=O)C1=C(C[P+](c2ccccc2)(c2ccccc2)c2ccccc2)CS[C@@H]2[C@H](NC=O)C(=O)N12.[Br-]. The fraction of sp³-hybridized carbons (Fsp3) is 0.258. The van der Waals surface area contributed by atoms with Gasteiger partial charge in [-0.05, 0) is 57.2 Å². The van der Waals surface area contributed by atoms with Crippen molar-refractivity contribution in [1.82, 2.24) is 10.2 Å². The number of halogens is 1. The van der Waals surface area contributed by atoms with Gasteiger partial charge >= 0.3 is 5.97 Å². The van der Waals surface area contributed by atoms with Crippen LogP contribution in [-0.4, -0.2) is 52.1 Å². The number of ether oxygens (including phenoxy) is 1. The summed E-state index contributed by atoms with van der Waals surface area (Å²) in [5, 5.41) is 5.86. The highest BCUT2D eigenvalue weighted by atomic mass is 79.9. The predicted molar refractivity (Wildman–Crippen MR) is 159 cm³/mol. The Kier molecular flexibility index (Phi) is 9.23. The van der Waals surface area contributed by atoms with Crippen molar-refractivity contribution in [3.05, 3.63) is 102 Å². The standard InChI is InChI=1S/C31H31N2O4PS.BrH/c1-31(2,3)37-30(36)27-22(20-39-29-26(32-21-34)28(35)33(27)29)19-38(23-13-7-4-8-14-23,24-15-9-5-10-16-24)25-17-11-6-12-18-25;/h4-18,21,26,29H,19-20H2,1-3H3;1H/t26-,29-;/m1./s1. The van der Waals surface area contributed by atoms with Gasteiger partial charge in [0, 0.05) is 11.3 Å². The molecular formula is C31H32BrN2O4PS. The molecule has 2 aliphatic rings. The lowest BCUT2D eigenvalue weighted by Crippen LogP contribution is -3.00. The molecule has 1 saturated heterocycles. The topological polar surface area (TPSA) is 75.7 Å². The van der Waals surface area contributed by atoms with Crippen LogP contribution >= 0.6 is 19.0 Å². The van der Waals surface area contributed by atoms with Gasteiger partial charge in [-0.1, -0.05) is 54.6 Å². The minimum Gasteiger partial charge on any atom is -1.00 e. The number of amides is 2. The Morgan fingerprint density at radius 2 is 1.43 bits per heavy atom. The molecule has 0 bridgehead atoms. The van der Waals surface area contributed by atoms with E-state index in [0.29, 0.717) is 24.0 Å². The zero-order valence-electron chi connectivity index (χ0n) is 22.6. The number of fused-ring (bicyclic) bond motifs is 1. The Hall–Kier alpha value is -2.93. The highest BCUT2D eigenvalue weighted by molar-refractivity contribution is 8.00. The first-order valence-electron chi connectivity index (χ1n) is 12.9. The largest absolute Gasteiger partial charge is 1.00 e. The summed E-state index contributed by atoms with van der Waals surface area (Å²) < 4.78 is 5.86. The van der Waals surface area contributed by atoms with E-state index in [2.05, 4.69) is 78.1 Å². The molecule has 0 spiro atoms. The number of nitrogens with zero attached hydrogens (tertiary/aromatic N) is 1. The lowest BCUT2D eigenvalue weighted by molar-refractivity contribution is -0.158. The van der Waals surface area contributed by atoms with Gasteiger partial charge in [-0.3, -0.25) is 14.5 Å². The third-order valence-corrected chi connectivity index (χ3v) is 12.6. The van der Waals surface area contributed by atoms with E-state index in [4.69, 9.17) is 4.74 Å². The normalized spacial score (nSPS) is 18.7. The second kappa shape index (κ2) is 12.3. The number of carbonyl (C=O) groups is 3. The number of thioether (sulfide) groups is 1. The molecule has 40 heavy (non-hydrogen) atoms. The minimum absolute atomic E-state index is 0. The number of β-lactam (4-membered cyclic amide) rings is 1. The number of esters is 1. The average Bonchev–Trinajstić information content (AvgIpc) is 2.94. The van der Waals surface area contributed by atoms with Gasteiger partial charge in [-0.2, -0.15) is 0 Å². The molecule has 1 N–H and O–H groups in total. The lowest BCUT2D eigenvalue weighted by Gasteiger charge is -2.49. The molecule has 2 amide bonds. The van der Waals surface area contributed by atoms with Crippen LogP contribution in [0.3, 0.4) is 0 Å². The first-order valence-corrected chi connectivity index (χ1v) is 15.9. The van der Waals surface area contributed by atoms with E-state index in [-0.39, 0.29) is 28.3 Å². The van der Waals surface area contributed by atoms with E-state index in [1.165, 1.54) is 20.8 Å². The van der Waals surface area contributed by atoms with Crippen LogP contribution in [-0.2, 0) is 19.1 Å². The molecule has 0 saturated carbocycles. The van der Waals surface area contributed by atoms with Crippen LogP contribution in [0.5, 0.6) is 0 Å². The molecule has 0 unspecified atom stereocenters. The molecule has 0 aliphatic carbocycles. The number of rotatable bonds is 8. The second-order valence-corrected chi connectivity index (χ2v) is 15.2. The molecule has 0 aromatic heterocycles. The zero-order valence-corrected chi connectivity index (χ0v) is 25.9. The Bertz CT molecular complexity index is 1300. The molecule has 208 valence electrons. The van der Waals surface area contributed by atoms with Crippen LogP contribution in [0, 0.1) is 0 Å². The van der Waals surface area contributed by atoms with Crippen molar-refractivity contribution in [2.24, 2.45) is 0 Å². The highest BCUT2D eigenvalue weighted by Crippen LogP contribution is 2.58. The molecule has 1 fully saturated rings. The van der Waals surface area contributed by atoms with Gasteiger partial charge in [0.2, 0.25) is 6.41 Å². The summed E-state index contributed by atoms with van der Waals surface area (Å²) >= 11 is 1.57. The third-order valence-electron chi connectivity index (χ3n) is 6.91. The highest BCUT2D eigenvalue weighted by Gasteiger charge is 2.56. The van der Waals surface area contributed by atoms with Crippen molar-refractivity contribution >= 4 is 53.2 Å². The van der Waals surface area contributed by atoms with Crippen molar-refractivity contribution in [2.45, 2.75) is 37.8 Å². The third kappa shape index (κ3) is 5.63. The number of nitrogens with one attached hydrogen (secondary N) is 1. The summed E-state index contributed by atoms with van der Waals surface area (Å²) in [6.45, 7) is 5.47.